The van der Waals surface area contributed by atoms with Crippen LogP contribution in [-0.2, 0) is 4.74 Å². The number of para-hydroxylation sites is 1. The molecule has 1 amide bonds. The van der Waals surface area contributed by atoms with Gasteiger partial charge in [-0.2, -0.15) is 0 Å². The number of ether oxygens (including phenoxy) is 1. The zero-order valence-electron chi connectivity index (χ0n) is 14.1. The fraction of sp³-hybridized carbons (Fsp3) is 0.500. The Bertz CT molecular complexity index is 633. The second kappa shape index (κ2) is 7.21. The molecule has 1 aliphatic heterocycles. The largest absolute Gasteiger partial charge is 0.444 e. The molecule has 8 heteroatoms. The molecule has 6 nitrogen and oxygen atoms in total. The second-order valence-electron chi connectivity index (χ2n) is 6.70. The highest BCUT2D eigenvalue weighted by atomic mass is 32.1. The monoisotopic (exact) mass is 354 g/mol. The number of alkyl carbamates (subject to hydrolysis) is 1. The lowest BCUT2D eigenvalue weighted by molar-refractivity contribution is 0.0509. The van der Waals surface area contributed by atoms with Crippen molar-refractivity contribution in [3.63, 3.8) is 0 Å². The van der Waals surface area contributed by atoms with Gasteiger partial charge in [0.05, 0.1) is 11.7 Å². The van der Waals surface area contributed by atoms with E-state index in [0.717, 1.165) is 6.42 Å². The quantitative estimate of drug-likeness (QED) is 0.724. The van der Waals surface area contributed by atoms with Gasteiger partial charge in [-0.3, -0.25) is 0 Å². The topological polar surface area (TPSA) is 79.6 Å². The van der Waals surface area contributed by atoms with Gasteiger partial charge in [0.15, 0.2) is 5.11 Å². The van der Waals surface area contributed by atoms with Crippen LogP contribution in [0.15, 0.2) is 18.2 Å². The Balaban J connectivity index is 2.05. The second-order valence-corrected chi connectivity index (χ2v) is 7.14. The molecule has 1 atom stereocenters. The maximum Gasteiger partial charge on any atom is 0.407 e. The minimum absolute atomic E-state index is 0.00368. The molecule has 132 valence electrons. The molecule has 1 heterocycles. The molecular weight excluding hydrogens is 331 g/mol. The third-order valence-corrected chi connectivity index (χ3v) is 3.59. The summed E-state index contributed by atoms with van der Waals surface area (Å²) in [5, 5.41) is 5.53. The van der Waals surface area contributed by atoms with E-state index >= 15 is 0 Å². The lowest BCUT2D eigenvalue weighted by Gasteiger charge is -2.24. The molecule has 1 saturated heterocycles. The van der Waals surface area contributed by atoms with E-state index in [1.54, 1.807) is 12.1 Å². The van der Waals surface area contributed by atoms with Gasteiger partial charge < -0.3 is 26.0 Å². The summed E-state index contributed by atoms with van der Waals surface area (Å²) in [5.74, 6) is -0.427. The van der Waals surface area contributed by atoms with Crippen LogP contribution in [0, 0.1) is 5.82 Å². The molecule has 1 unspecified atom stereocenters. The van der Waals surface area contributed by atoms with Gasteiger partial charge in [-0.05, 0) is 51.5 Å². The number of nitrogens with two attached hydrogens (primary N) is 1. The molecule has 1 aromatic carbocycles. The first kappa shape index (κ1) is 18.3. The van der Waals surface area contributed by atoms with Gasteiger partial charge >= 0.3 is 6.09 Å². The van der Waals surface area contributed by atoms with Crippen LogP contribution in [-0.4, -0.2) is 35.9 Å². The molecule has 0 radical (unpaired) electrons. The number of halogens is 1. The van der Waals surface area contributed by atoms with E-state index in [4.69, 9.17) is 22.7 Å². The van der Waals surface area contributed by atoms with Gasteiger partial charge in [0.2, 0.25) is 0 Å². The van der Waals surface area contributed by atoms with Crippen LogP contribution < -0.4 is 21.3 Å². The molecule has 1 fully saturated rings. The highest BCUT2D eigenvalue weighted by molar-refractivity contribution is 7.80. The van der Waals surface area contributed by atoms with Crippen LogP contribution >= 0.6 is 12.2 Å². The van der Waals surface area contributed by atoms with Crippen molar-refractivity contribution in [1.82, 2.24) is 5.32 Å². The van der Waals surface area contributed by atoms with Crippen LogP contribution in [0.3, 0.4) is 0 Å². The first-order chi connectivity index (χ1) is 11.2. The summed E-state index contributed by atoms with van der Waals surface area (Å²) in [6, 6.07) is 4.70. The van der Waals surface area contributed by atoms with E-state index in [1.807, 2.05) is 25.7 Å². The smallest absolute Gasteiger partial charge is 0.407 e. The Labute approximate surface area is 146 Å². The van der Waals surface area contributed by atoms with Crippen LogP contribution in [0.1, 0.15) is 27.2 Å². The van der Waals surface area contributed by atoms with Crippen molar-refractivity contribution < 1.29 is 13.9 Å². The summed E-state index contributed by atoms with van der Waals surface area (Å²) in [5.41, 5.74) is 5.85. The zero-order valence-corrected chi connectivity index (χ0v) is 14.9. The lowest BCUT2D eigenvalue weighted by Crippen LogP contribution is -2.40. The number of hydrogen-bond acceptors (Lipinski definition) is 4. The van der Waals surface area contributed by atoms with E-state index in [2.05, 4.69) is 10.6 Å². The Morgan fingerprint density at radius 1 is 1.46 bits per heavy atom. The number of carbonyl (C=O) groups is 1. The number of anilines is 2. The summed E-state index contributed by atoms with van der Waals surface area (Å²) in [6.07, 6.45) is 0.289. The first-order valence-electron chi connectivity index (χ1n) is 7.75. The minimum Gasteiger partial charge on any atom is -0.444 e. The molecule has 0 spiro atoms. The van der Waals surface area contributed by atoms with Crippen molar-refractivity contribution in [1.29, 1.82) is 0 Å². The van der Waals surface area contributed by atoms with Gasteiger partial charge in [-0.1, -0.05) is 6.07 Å². The van der Waals surface area contributed by atoms with E-state index in [9.17, 15) is 9.18 Å². The summed E-state index contributed by atoms with van der Waals surface area (Å²) in [7, 11) is 0. The van der Waals surface area contributed by atoms with E-state index in [1.165, 1.54) is 6.07 Å². The maximum atomic E-state index is 14.1. The number of benzene rings is 1. The average Bonchev–Trinajstić information content (AvgIpc) is 2.86. The number of rotatable bonds is 3. The number of nitrogens with zero attached hydrogens (tertiary/aromatic N) is 1. The highest BCUT2D eigenvalue weighted by Gasteiger charge is 2.28. The Hall–Kier alpha value is -2.09. The number of thiocarbonyl (C=S) groups is 1. The fourth-order valence-electron chi connectivity index (χ4n) is 2.59. The molecule has 1 aromatic rings. The van der Waals surface area contributed by atoms with Crippen molar-refractivity contribution in [2.24, 2.45) is 5.73 Å². The van der Waals surface area contributed by atoms with Crippen molar-refractivity contribution in [3.05, 3.63) is 24.0 Å². The fourth-order valence-corrected chi connectivity index (χ4v) is 2.70. The Morgan fingerprint density at radius 3 is 2.79 bits per heavy atom. The molecule has 0 aromatic heterocycles. The third-order valence-electron chi connectivity index (χ3n) is 3.49. The van der Waals surface area contributed by atoms with Crippen molar-refractivity contribution in [2.75, 3.05) is 23.3 Å². The van der Waals surface area contributed by atoms with E-state index in [0.29, 0.717) is 18.8 Å². The molecule has 0 bridgehead atoms. The molecule has 2 rings (SSSR count). The number of hydrogen-bond donors (Lipinski definition) is 3. The maximum absolute atomic E-state index is 14.1. The van der Waals surface area contributed by atoms with Crippen LogP contribution in [0.4, 0.5) is 20.6 Å². The van der Waals surface area contributed by atoms with E-state index < -0.39 is 17.5 Å². The van der Waals surface area contributed by atoms with Crippen LogP contribution in [0.5, 0.6) is 0 Å². The molecule has 0 aliphatic carbocycles. The summed E-state index contributed by atoms with van der Waals surface area (Å²) >= 11 is 4.81. The molecule has 24 heavy (non-hydrogen) atoms. The molecule has 4 N–H and O–H groups in total. The summed E-state index contributed by atoms with van der Waals surface area (Å²) in [6.45, 7) is 6.67. The van der Waals surface area contributed by atoms with Gasteiger partial charge in [-0.15, -0.1) is 0 Å². The van der Waals surface area contributed by atoms with Gasteiger partial charge in [0, 0.05) is 13.1 Å². The number of nitrogens with one attached hydrogen (secondary N) is 2. The van der Waals surface area contributed by atoms with Crippen molar-refractivity contribution in [2.45, 2.75) is 38.8 Å². The predicted molar refractivity (Wildman–Crippen MR) is 96.8 cm³/mol. The summed E-state index contributed by atoms with van der Waals surface area (Å²) < 4.78 is 19.3. The zero-order chi connectivity index (χ0) is 17.9. The van der Waals surface area contributed by atoms with Gasteiger partial charge in [0.1, 0.15) is 17.1 Å². The van der Waals surface area contributed by atoms with Crippen LogP contribution in [0.2, 0.25) is 0 Å². The highest BCUT2D eigenvalue weighted by Crippen LogP contribution is 2.31. The number of carbonyl (C=O) groups excluding carboxylic acids is 1. The minimum atomic E-state index is -0.543. The first-order valence-corrected chi connectivity index (χ1v) is 8.16. The van der Waals surface area contributed by atoms with Crippen LogP contribution in [0.25, 0.3) is 0 Å². The third kappa shape index (κ3) is 4.95. The average molecular weight is 354 g/mol. The lowest BCUT2D eigenvalue weighted by atomic mass is 10.2. The van der Waals surface area contributed by atoms with Crippen molar-refractivity contribution >= 4 is 34.8 Å². The molecular formula is C16H23FN4O2S. The number of amides is 1. The molecule has 0 saturated carbocycles. The van der Waals surface area contributed by atoms with Gasteiger partial charge in [0.25, 0.3) is 0 Å². The normalized spacial score (nSPS) is 17.5. The predicted octanol–water partition coefficient (Wildman–Crippen LogP) is 2.58. The SMILES string of the molecule is CC(C)(C)OC(=O)NC1CCN(c2cccc(F)c2NC(N)=S)C1. The molecule has 1 aliphatic rings. The summed E-state index contributed by atoms with van der Waals surface area (Å²) in [4.78, 5) is 13.8. The van der Waals surface area contributed by atoms with Crippen molar-refractivity contribution in [3.8, 4) is 0 Å². The van der Waals surface area contributed by atoms with E-state index in [-0.39, 0.29) is 16.8 Å². The Kier molecular flexibility index (Phi) is 5.48. The van der Waals surface area contributed by atoms with Gasteiger partial charge in [-0.25, -0.2) is 9.18 Å². The Morgan fingerprint density at radius 2 is 2.17 bits per heavy atom. The standard InChI is InChI=1S/C16H23FN4O2S/c1-16(2,3)23-15(22)19-10-7-8-21(9-10)12-6-4-5-11(17)13(12)20-14(18)24/h4-6,10H,7-9H2,1-3H3,(H,19,22)(H3,18,20,24).